The number of para-hydroxylation sites is 1. The minimum Gasteiger partial charge on any atom is -0.383 e. The molecular weight excluding hydrogens is 328 g/mol. The number of benzene rings is 1. The molecule has 0 saturated heterocycles. The number of thiophene rings is 1. The minimum atomic E-state index is 0.500. The van der Waals surface area contributed by atoms with E-state index in [0.29, 0.717) is 22.6 Å². The second-order valence-corrected chi connectivity index (χ2v) is 6.66. The predicted octanol–water partition coefficient (Wildman–Crippen LogP) is 3.35. The largest absolute Gasteiger partial charge is 0.383 e. The average Bonchev–Trinajstić information content (AvgIpc) is 3.24. The first-order valence-electron chi connectivity index (χ1n) is 6.90. The third-order valence-corrected chi connectivity index (χ3v) is 4.95. The number of nitrogens with two attached hydrogens (primary N) is 1. The summed E-state index contributed by atoms with van der Waals surface area (Å²) in [6, 6.07) is 11.7. The molecular formula is C15H12N6S2. The van der Waals surface area contributed by atoms with E-state index in [1.807, 2.05) is 41.8 Å². The molecule has 0 radical (unpaired) electrons. The summed E-state index contributed by atoms with van der Waals surface area (Å²) in [7, 11) is 0. The van der Waals surface area contributed by atoms with Crippen molar-refractivity contribution in [1.29, 1.82) is 0 Å². The quantitative estimate of drug-likeness (QED) is 0.553. The van der Waals surface area contributed by atoms with Gasteiger partial charge in [-0.1, -0.05) is 30.0 Å². The van der Waals surface area contributed by atoms with Crippen LogP contribution in [0, 0.1) is 0 Å². The fraction of sp³-hybridized carbons (Fsp3) is 0.0667. The number of hydrogen-bond acceptors (Lipinski definition) is 7. The molecule has 3 aromatic heterocycles. The Hall–Kier alpha value is -2.45. The molecule has 6 nitrogen and oxygen atoms in total. The van der Waals surface area contributed by atoms with Gasteiger partial charge in [0.1, 0.15) is 11.6 Å². The molecule has 0 bridgehead atoms. The van der Waals surface area contributed by atoms with Gasteiger partial charge in [0.2, 0.25) is 5.16 Å². The standard InChI is InChI=1S/C15H12N6S2/c16-13-9-4-1-2-5-10(9)17-12(18-13)8-23-15-19-14(20-21-15)11-6-3-7-22-11/h1-7H,8H2,(H2,16,17,18)(H,19,20,21). The number of nitrogen functional groups attached to an aromatic ring is 1. The molecule has 3 heterocycles. The number of aromatic nitrogens is 5. The Morgan fingerprint density at radius 1 is 1.09 bits per heavy atom. The highest BCUT2D eigenvalue weighted by atomic mass is 32.2. The highest BCUT2D eigenvalue weighted by Crippen LogP contribution is 2.25. The molecule has 0 aliphatic rings. The van der Waals surface area contributed by atoms with Gasteiger partial charge in [0.25, 0.3) is 0 Å². The van der Waals surface area contributed by atoms with E-state index in [1.54, 1.807) is 11.3 Å². The van der Waals surface area contributed by atoms with Crippen molar-refractivity contribution in [2.45, 2.75) is 10.9 Å². The Balaban J connectivity index is 1.53. The zero-order chi connectivity index (χ0) is 15.6. The molecule has 0 atom stereocenters. The Bertz CT molecular complexity index is 948. The molecule has 0 aliphatic carbocycles. The van der Waals surface area contributed by atoms with Crippen molar-refractivity contribution in [3.8, 4) is 10.7 Å². The third-order valence-electron chi connectivity index (χ3n) is 3.23. The van der Waals surface area contributed by atoms with E-state index >= 15 is 0 Å². The van der Waals surface area contributed by atoms with Gasteiger partial charge >= 0.3 is 0 Å². The lowest BCUT2D eigenvalue weighted by molar-refractivity contribution is 0.968. The zero-order valence-electron chi connectivity index (χ0n) is 11.9. The number of nitrogens with one attached hydrogen (secondary N) is 1. The molecule has 1 aromatic carbocycles. The summed E-state index contributed by atoms with van der Waals surface area (Å²) >= 11 is 3.10. The van der Waals surface area contributed by atoms with Crippen LogP contribution in [0.4, 0.5) is 5.82 Å². The molecule has 8 heteroatoms. The van der Waals surface area contributed by atoms with Crippen LogP contribution in [0.5, 0.6) is 0 Å². The SMILES string of the molecule is Nc1nc(CSc2n[nH]c(-c3cccs3)n2)nc2ccccc12. The average molecular weight is 340 g/mol. The Kier molecular flexibility index (Phi) is 3.68. The van der Waals surface area contributed by atoms with Gasteiger partial charge in [0.05, 0.1) is 16.1 Å². The van der Waals surface area contributed by atoms with Gasteiger partial charge < -0.3 is 5.73 Å². The fourth-order valence-corrected chi connectivity index (χ4v) is 3.50. The molecule has 23 heavy (non-hydrogen) atoms. The van der Waals surface area contributed by atoms with E-state index in [-0.39, 0.29) is 0 Å². The van der Waals surface area contributed by atoms with Crippen LogP contribution in [0.3, 0.4) is 0 Å². The highest BCUT2D eigenvalue weighted by molar-refractivity contribution is 7.98. The van der Waals surface area contributed by atoms with Gasteiger partial charge in [-0.3, -0.25) is 5.10 Å². The van der Waals surface area contributed by atoms with Gasteiger partial charge in [-0.25, -0.2) is 15.0 Å². The van der Waals surface area contributed by atoms with Crippen molar-refractivity contribution in [1.82, 2.24) is 25.1 Å². The smallest absolute Gasteiger partial charge is 0.209 e. The van der Waals surface area contributed by atoms with Crippen LogP contribution in [0.25, 0.3) is 21.6 Å². The molecule has 3 N–H and O–H groups in total. The zero-order valence-corrected chi connectivity index (χ0v) is 13.6. The lowest BCUT2D eigenvalue weighted by atomic mass is 10.2. The van der Waals surface area contributed by atoms with Crippen molar-refractivity contribution < 1.29 is 0 Å². The second kappa shape index (κ2) is 5.98. The number of aromatic amines is 1. The van der Waals surface area contributed by atoms with Crippen LogP contribution in [0.15, 0.2) is 46.9 Å². The summed E-state index contributed by atoms with van der Waals surface area (Å²) in [4.78, 5) is 14.4. The summed E-state index contributed by atoms with van der Waals surface area (Å²) in [5, 5.41) is 10.7. The molecule has 0 unspecified atom stereocenters. The normalized spacial score (nSPS) is 11.1. The lowest BCUT2D eigenvalue weighted by Crippen LogP contribution is -2.00. The van der Waals surface area contributed by atoms with E-state index in [9.17, 15) is 0 Å². The number of hydrogen-bond donors (Lipinski definition) is 2. The first kappa shape index (κ1) is 14.2. The number of anilines is 1. The van der Waals surface area contributed by atoms with Crippen LogP contribution in [0.1, 0.15) is 5.82 Å². The molecule has 0 spiro atoms. The highest BCUT2D eigenvalue weighted by Gasteiger charge is 2.09. The molecule has 0 fully saturated rings. The first-order chi connectivity index (χ1) is 11.3. The number of H-pyrrole nitrogens is 1. The Morgan fingerprint density at radius 3 is 2.87 bits per heavy atom. The van der Waals surface area contributed by atoms with Crippen LogP contribution < -0.4 is 5.73 Å². The topological polar surface area (TPSA) is 93.4 Å². The molecule has 0 saturated carbocycles. The summed E-state index contributed by atoms with van der Waals surface area (Å²) in [5.41, 5.74) is 6.85. The first-order valence-corrected chi connectivity index (χ1v) is 8.76. The molecule has 0 aliphatic heterocycles. The maximum absolute atomic E-state index is 6.00. The number of rotatable bonds is 4. The van der Waals surface area contributed by atoms with Crippen LogP contribution in [-0.2, 0) is 5.75 Å². The minimum absolute atomic E-state index is 0.500. The summed E-state index contributed by atoms with van der Waals surface area (Å²) in [6.07, 6.45) is 0. The maximum atomic E-state index is 6.00. The number of nitrogens with zero attached hydrogens (tertiary/aromatic N) is 4. The van der Waals surface area contributed by atoms with Gasteiger partial charge in [0, 0.05) is 5.39 Å². The van der Waals surface area contributed by atoms with Crippen LogP contribution in [-0.4, -0.2) is 25.1 Å². The summed E-state index contributed by atoms with van der Waals surface area (Å²) < 4.78 is 0. The fourth-order valence-electron chi connectivity index (χ4n) is 2.18. The van der Waals surface area contributed by atoms with Gasteiger partial charge in [-0.05, 0) is 23.6 Å². The summed E-state index contributed by atoms with van der Waals surface area (Å²) in [5.74, 6) is 2.52. The predicted molar refractivity (Wildman–Crippen MR) is 93.2 cm³/mol. The maximum Gasteiger partial charge on any atom is 0.209 e. The third kappa shape index (κ3) is 2.90. The van der Waals surface area contributed by atoms with Crippen LogP contribution in [0.2, 0.25) is 0 Å². The van der Waals surface area contributed by atoms with Gasteiger partial charge in [-0.2, -0.15) is 0 Å². The number of thioether (sulfide) groups is 1. The van der Waals surface area contributed by atoms with Crippen LogP contribution >= 0.6 is 23.1 Å². The number of fused-ring (bicyclic) bond motifs is 1. The van der Waals surface area contributed by atoms with E-state index in [0.717, 1.165) is 21.6 Å². The van der Waals surface area contributed by atoms with Crippen molar-refractivity contribution in [3.05, 3.63) is 47.6 Å². The molecule has 4 rings (SSSR count). The van der Waals surface area contributed by atoms with Gasteiger partial charge in [0.15, 0.2) is 5.82 Å². The van der Waals surface area contributed by atoms with Crippen molar-refractivity contribution in [2.75, 3.05) is 5.73 Å². The van der Waals surface area contributed by atoms with Crippen molar-refractivity contribution >= 4 is 39.8 Å². The van der Waals surface area contributed by atoms with E-state index in [1.165, 1.54) is 11.8 Å². The summed E-state index contributed by atoms with van der Waals surface area (Å²) in [6.45, 7) is 0. The molecule has 114 valence electrons. The van der Waals surface area contributed by atoms with E-state index < -0.39 is 0 Å². The van der Waals surface area contributed by atoms with Gasteiger partial charge in [-0.15, -0.1) is 16.4 Å². The van der Waals surface area contributed by atoms with E-state index in [4.69, 9.17) is 5.73 Å². The van der Waals surface area contributed by atoms with E-state index in [2.05, 4.69) is 25.1 Å². The van der Waals surface area contributed by atoms with Crippen molar-refractivity contribution in [3.63, 3.8) is 0 Å². The van der Waals surface area contributed by atoms with Crippen molar-refractivity contribution in [2.24, 2.45) is 0 Å². The molecule has 0 amide bonds. The monoisotopic (exact) mass is 340 g/mol. The Morgan fingerprint density at radius 2 is 2.00 bits per heavy atom. The second-order valence-electron chi connectivity index (χ2n) is 4.77. The Labute approximate surface area is 140 Å². The molecule has 4 aromatic rings. The lowest BCUT2D eigenvalue weighted by Gasteiger charge is -2.03.